The van der Waals surface area contributed by atoms with E-state index in [1.54, 1.807) is 22.8 Å². The van der Waals surface area contributed by atoms with Crippen molar-refractivity contribution in [2.45, 2.75) is 72.8 Å². The maximum absolute atomic E-state index is 12.7. The normalized spacial score (nSPS) is 12.2. The van der Waals surface area contributed by atoms with E-state index >= 15 is 0 Å². The van der Waals surface area contributed by atoms with Crippen molar-refractivity contribution in [3.05, 3.63) is 11.8 Å². The van der Waals surface area contributed by atoms with Crippen LogP contribution in [0.2, 0.25) is 0 Å². The number of aromatic nitrogens is 1. The Morgan fingerprint density at radius 1 is 1.26 bits per heavy atom. The fraction of sp³-hybridized carbons (Fsp3) is 0.750. The summed E-state index contributed by atoms with van der Waals surface area (Å²) in [7, 11) is 0. The highest BCUT2D eigenvalue weighted by atomic mass is 16.5. The van der Waals surface area contributed by atoms with Gasteiger partial charge in [-0.25, -0.2) is 0 Å². The molecule has 0 aromatic carbocycles. The third kappa shape index (κ3) is 8.56. The fourth-order valence-corrected chi connectivity index (χ4v) is 3.13. The molecule has 0 saturated carbocycles. The van der Waals surface area contributed by atoms with Crippen LogP contribution in [0, 0.1) is 6.92 Å². The first-order chi connectivity index (χ1) is 12.9. The first kappa shape index (κ1) is 23.1. The lowest BCUT2D eigenvalue weighted by molar-refractivity contribution is -0.896. The van der Waals surface area contributed by atoms with Gasteiger partial charge >= 0.3 is 0 Å². The molecule has 1 heterocycles. The lowest BCUT2D eigenvalue weighted by atomic mass is 10.1. The Labute approximate surface area is 163 Å². The van der Waals surface area contributed by atoms with Crippen LogP contribution in [0.15, 0.2) is 10.6 Å². The maximum atomic E-state index is 12.7. The van der Waals surface area contributed by atoms with Gasteiger partial charge in [0.05, 0.1) is 19.6 Å². The van der Waals surface area contributed by atoms with Crippen LogP contribution in [-0.4, -0.2) is 54.1 Å². The zero-order chi connectivity index (χ0) is 20.2. The number of carbonyl (C=O) groups excluding carboxylic acids is 2. The molecule has 0 radical (unpaired) electrons. The number of amides is 2. The molecule has 0 aliphatic rings. The zero-order valence-electron chi connectivity index (χ0n) is 17.6. The molecule has 0 aliphatic heterocycles. The quantitative estimate of drug-likeness (QED) is 0.548. The summed E-state index contributed by atoms with van der Waals surface area (Å²) in [5.41, 5.74) is 0. The molecule has 0 saturated heterocycles. The molecule has 0 spiro atoms. The van der Waals surface area contributed by atoms with Crippen LogP contribution in [0.5, 0.6) is 0 Å². The van der Waals surface area contributed by atoms with Gasteiger partial charge in [-0.1, -0.05) is 18.5 Å². The number of nitrogens with zero attached hydrogens (tertiary/aromatic N) is 2. The van der Waals surface area contributed by atoms with Crippen LogP contribution >= 0.6 is 0 Å². The highest BCUT2D eigenvalue weighted by molar-refractivity contribution is 5.93. The number of hydrogen-bond acceptors (Lipinski definition) is 4. The van der Waals surface area contributed by atoms with E-state index in [-0.39, 0.29) is 24.4 Å². The van der Waals surface area contributed by atoms with Gasteiger partial charge in [-0.05, 0) is 47.0 Å². The number of rotatable bonds is 13. The second kappa shape index (κ2) is 12.5. The molecule has 0 aliphatic carbocycles. The molecule has 0 unspecified atom stereocenters. The molecule has 0 bridgehead atoms. The first-order valence-corrected chi connectivity index (χ1v) is 10.3. The van der Waals surface area contributed by atoms with Crippen molar-refractivity contribution in [2.75, 3.05) is 31.5 Å². The predicted molar refractivity (Wildman–Crippen MR) is 107 cm³/mol. The molecule has 1 aromatic rings. The average molecular weight is 382 g/mol. The molecular formula is C20H37N4O3+. The number of nitrogens with one attached hydrogen (secondary N) is 2. The van der Waals surface area contributed by atoms with E-state index in [4.69, 9.17) is 4.52 Å². The van der Waals surface area contributed by atoms with E-state index in [2.05, 4.69) is 31.2 Å². The van der Waals surface area contributed by atoms with Crippen LogP contribution in [-0.2, 0) is 9.59 Å². The average Bonchev–Trinajstić information content (AvgIpc) is 3.05. The van der Waals surface area contributed by atoms with E-state index in [1.165, 1.54) is 0 Å². The Kier molecular flexibility index (Phi) is 10.7. The van der Waals surface area contributed by atoms with Crippen molar-refractivity contribution in [3.63, 3.8) is 0 Å². The van der Waals surface area contributed by atoms with Gasteiger partial charge in [0.15, 0.2) is 5.82 Å². The highest BCUT2D eigenvalue weighted by Gasteiger charge is 2.23. The van der Waals surface area contributed by atoms with Crippen molar-refractivity contribution in [1.82, 2.24) is 10.1 Å². The molecule has 0 fully saturated rings. The molecule has 1 atom stereocenters. The maximum Gasteiger partial charge on any atom is 0.245 e. The van der Waals surface area contributed by atoms with Crippen molar-refractivity contribution < 1.29 is 19.0 Å². The summed E-state index contributed by atoms with van der Waals surface area (Å²) in [6.07, 6.45) is 4.23. The van der Waals surface area contributed by atoms with Crippen LogP contribution in [0.25, 0.3) is 0 Å². The van der Waals surface area contributed by atoms with Gasteiger partial charge in [0.2, 0.25) is 11.8 Å². The van der Waals surface area contributed by atoms with Crippen molar-refractivity contribution in [3.8, 4) is 0 Å². The van der Waals surface area contributed by atoms with Crippen LogP contribution in [0.1, 0.15) is 65.6 Å². The van der Waals surface area contributed by atoms with Gasteiger partial charge < -0.3 is 19.6 Å². The first-order valence-electron chi connectivity index (χ1n) is 10.3. The summed E-state index contributed by atoms with van der Waals surface area (Å²) in [6, 6.07) is 1.70. The summed E-state index contributed by atoms with van der Waals surface area (Å²) in [5.74, 6) is 0.824. The second-order valence-corrected chi connectivity index (χ2v) is 7.19. The smallest absolute Gasteiger partial charge is 0.245 e. The van der Waals surface area contributed by atoms with Crippen molar-refractivity contribution in [2.24, 2.45) is 0 Å². The number of aryl methyl sites for hydroxylation is 1. The van der Waals surface area contributed by atoms with Gasteiger partial charge in [0.25, 0.3) is 0 Å². The van der Waals surface area contributed by atoms with Crippen LogP contribution in [0.3, 0.4) is 0 Å². The minimum absolute atomic E-state index is 0.0362. The summed E-state index contributed by atoms with van der Waals surface area (Å²) < 4.78 is 4.97. The van der Waals surface area contributed by atoms with E-state index in [0.29, 0.717) is 18.0 Å². The lowest BCUT2D eigenvalue weighted by Crippen LogP contribution is -3.11. The predicted octanol–water partition coefficient (Wildman–Crippen LogP) is 2.03. The van der Waals surface area contributed by atoms with Gasteiger partial charge in [0, 0.05) is 18.5 Å². The summed E-state index contributed by atoms with van der Waals surface area (Å²) in [4.78, 5) is 28.3. The van der Waals surface area contributed by atoms with Gasteiger partial charge in [-0.3, -0.25) is 9.59 Å². The minimum atomic E-state index is -0.241. The standard InChI is InChI=1S/C20H36N4O3/c1-6-9-12-20(26)24(16(4)11-10-13-23(7-2)8-3)15-19(25)21-18-14-17(5)27-22-18/h14,16H,6-13,15H2,1-5H3,(H,21,22,25)/p+1/t16-/m1/s1. The second-order valence-electron chi connectivity index (χ2n) is 7.19. The number of hydrogen-bond donors (Lipinski definition) is 2. The number of quaternary nitrogens is 1. The Hall–Kier alpha value is -1.89. The SMILES string of the molecule is CCCCC(=O)N(CC(=O)Nc1cc(C)on1)[C@H](C)CCC[NH+](CC)CC. The third-order valence-electron chi connectivity index (χ3n) is 4.96. The minimum Gasteiger partial charge on any atom is -0.360 e. The molecule has 2 amide bonds. The molecule has 1 rings (SSSR count). The number of carbonyl (C=O) groups is 2. The van der Waals surface area contributed by atoms with E-state index < -0.39 is 0 Å². The van der Waals surface area contributed by atoms with E-state index in [9.17, 15) is 9.59 Å². The highest BCUT2D eigenvalue weighted by Crippen LogP contribution is 2.12. The molecular weight excluding hydrogens is 344 g/mol. The van der Waals surface area contributed by atoms with Crippen LogP contribution < -0.4 is 10.2 Å². The van der Waals surface area contributed by atoms with E-state index in [0.717, 1.165) is 45.3 Å². The topological polar surface area (TPSA) is 79.9 Å². The molecule has 7 nitrogen and oxygen atoms in total. The number of unbranched alkanes of at least 4 members (excludes halogenated alkanes) is 1. The summed E-state index contributed by atoms with van der Waals surface area (Å²) in [6.45, 7) is 13.6. The third-order valence-corrected chi connectivity index (χ3v) is 4.96. The molecule has 27 heavy (non-hydrogen) atoms. The Morgan fingerprint density at radius 2 is 1.96 bits per heavy atom. The summed E-state index contributed by atoms with van der Waals surface area (Å²) >= 11 is 0. The molecule has 2 N–H and O–H groups in total. The van der Waals surface area contributed by atoms with E-state index in [1.807, 2.05) is 6.92 Å². The van der Waals surface area contributed by atoms with Crippen molar-refractivity contribution >= 4 is 17.6 Å². The number of anilines is 1. The zero-order valence-corrected chi connectivity index (χ0v) is 17.6. The van der Waals surface area contributed by atoms with Gasteiger partial charge in [0.1, 0.15) is 12.3 Å². The Bertz CT molecular complexity index is 569. The lowest BCUT2D eigenvalue weighted by Gasteiger charge is -2.29. The fourth-order valence-electron chi connectivity index (χ4n) is 3.13. The Balaban J connectivity index is 2.64. The van der Waals surface area contributed by atoms with Gasteiger partial charge in [-0.15, -0.1) is 0 Å². The summed E-state index contributed by atoms with van der Waals surface area (Å²) in [5, 5.41) is 6.49. The molecule has 154 valence electrons. The molecule has 7 heteroatoms. The van der Waals surface area contributed by atoms with Crippen molar-refractivity contribution in [1.29, 1.82) is 0 Å². The van der Waals surface area contributed by atoms with Crippen LogP contribution in [0.4, 0.5) is 5.82 Å². The Morgan fingerprint density at radius 3 is 2.52 bits per heavy atom. The molecule has 1 aromatic heterocycles. The monoisotopic (exact) mass is 381 g/mol. The largest absolute Gasteiger partial charge is 0.360 e. The van der Waals surface area contributed by atoms with Gasteiger partial charge in [-0.2, -0.15) is 0 Å².